The van der Waals surface area contributed by atoms with Crippen LogP contribution in [0.4, 0.5) is 0 Å². The van der Waals surface area contributed by atoms with Gasteiger partial charge in [0.25, 0.3) is 0 Å². The maximum absolute atomic E-state index is 12.4. The fourth-order valence-electron chi connectivity index (χ4n) is 4.03. The van der Waals surface area contributed by atoms with E-state index in [4.69, 9.17) is 9.47 Å². The highest BCUT2D eigenvalue weighted by Gasteiger charge is 2.31. The van der Waals surface area contributed by atoms with Gasteiger partial charge in [0, 0.05) is 6.42 Å². The molecule has 0 radical (unpaired) electrons. The smallest absolute Gasteiger partial charge is 0.311 e. The number of ether oxygens (including phenoxy) is 2. The molecule has 0 aromatic carbocycles. The molecule has 0 N–H and O–H groups in total. The standard InChI is InChI=1S/C27H52O4/c1-6-8-10-12-14-15-17-18-20-30-25(28)22-24(3)23-27(4,5)26(29)31-21-19-16-13-11-9-7-2/h24H,6-23H2,1-5H3. The Balaban J connectivity index is 3.84. The molecular weight excluding hydrogens is 388 g/mol. The predicted octanol–water partition coefficient (Wildman–Crippen LogP) is 8.02. The first-order chi connectivity index (χ1) is 14.8. The molecule has 0 spiro atoms. The Labute approximate surface area is 193 Å². The van der Waals surface area contributed by atoms with E-state index in [1.807, 2.05) is 20.8 Å². The van der Waals surface area contributed by atoms with Crippen LogP contribution in [-0.2, 0) is 19.1 Å². The lowest BCUT2D eigenvalue weighted by Gasteiger charge is -2.25. The number of carbonyl (C=O) groups is 2. The summed E-state index contributed by atoms with van der Waals surface area (Å²) < 4.78 is 10.9. The zero-order chi connectivity index (χ0) is 23.4. The van der Waals surface area contributed by atoms with Crippen LogP contribution in [0.1, 0.15) is 137 Å². The molecule has 0 saturated heterocycles. The summed E-state index contributed by atoms with van der Waals surface area (Å²) in [5, 5.41) is 0. The van der Waals surface area contributed by atoms with Gasteiger partial charge in [0.1, 0.15) is 0 Å². The first-order valence-corrected chi connectivity index (χ1v) is 13.2. The lowest BCUT2D eigenvalue weighted by Crippen LogP contribution is -2.29. The minimum atomic E-state index is -0.570. The highest BCUT2D eigenvalue weighted by molar-refractivity contribution is 5.76. The van der Waals surface area contributed by atoms with Gasteiger partial charge in [-0.3, -0.25) is 9.59 Å². The van der Waals surface area contributed by atoms with Crippen LogP contribution in [-0.4, -0.2) is 25.2 Å². The zero-order valence-electron chi connectivity index (χ0n) is 21.4. The van der Waals surface area contributed by atoms with E-state index in [0.29, 0.717) is 26.1 Å². The minimum Gasteiger partial charge on any atom is -0.466 e. The maximum atomic E-state index is 12.4. The summed E-state index contributed by atoms with van der Waals surface area (Å²) in [6, 6.07) is 0. The van der Waals surface area contributed by atoms with E-state index in [0.717, 1.165) is 25.7 Å². The largest absolute Gasteiger partial charge is 0.466 e. The molecule has 4 heteroatoms. The molecule has 1 unspecified atom stereocenters. The van der Waals surface area contributed by atoms with Crippen molar-refractivity contribution in [2.24, 2.45) is 11.3 Å². The number of hydrogen-bond donors (Lipinski definition) is 0. The monoisotopic (exact) mass is 440 g/mol. The van der Waals surface area contributed by atoms with Crippen LogP contribution >= 0.6 is 0 Å². The molecule has 0 aliphatic rings. The van der Waals surface area contributed by atoms with Crippen molar-refractivity contribution in [2.45, 2.75) is 137 Å². The van der Waals surface area contributed by atoms with Gasteiger partial charge in [0.05, 0.1) is 18.6 Å². The van der Waals surface area contributed by atoms with E-state index in [1.165, 1.54) is 64.2 Å². The van der Waals surface area contributed by atoms with Gasteiger partial charge >= 0.3 is 11.9 Å². The van der Waals surface area contributed by atoms with Gasteiger partial charge in [0.15, 0.2) is 0 Å². The Morgan fingerprint density at radius 2 is 1.10 bits per heavy atom. The van der Waals surface area contributed by atoms with Crippen LogP contribution in [0.25, 0.3) is 0 Å². The van der Waals surface area contributed by atoms with Crippen LogP contribution in [0.2, 0.25) is 0 Å². The van der Waals surface area contributed by atoms with Crippen molar-refractivity contribution in [1.82, 2.24) is 0 Å². The molecule has 1 atom stereocenters. The molecule has 0 aromatic rings. The Hall–Kier alpha value is -1.06. The molecule has 0 fully saturated rings. The number of unbranched alkanes of at least 4 members (excludes halogenated alkanes) is 12. The van der Waals surface area contributed by atoms with Crippen LogP contribution in [0.15, 0.2) is 0 Å². The lowest BCUT2D eigenvalue weighted by molar-refractivity contribution is -0.156. The molecule has 0 bridgehead atoms. The molecule has 31 heavy (non-hydrogen) atoms. The molecule has 0 saturated carbocycles. The second-order valence-electron chi connectivity index (χ2n) is 10.00. The summed E-state index contributed by atoms with van der Waals surface area (Å²) in [4.78, 5) is 24.5. The molecule has 4 nitrogen and oxygen atoms in total. The van der Waals surface area contributed by atoms with E-state index in [9.17, 15) is 9.59 Å². The Morgan fingerprint density at radius 1 is 0.677 bits per heavy atom. The Bertz CT molecular complexity index is 445. The van der Waals surface area contributed by atoms with Gasteiger partial charge in [-0.25, -0.2) is 0 Å². The number of esters is 2. The summed E-state index contributed by atoms with van der Waals surface area (Å²) in [6.45, 7) is 11.3. The van der Waals surface area contributed by atoms with E-state index in [2.05, 4.69) is 13.8 Å². The molecule has 0 aliphatic carbocycles. The average Bonchev–Trinajstić information content (AvgIpc) is 2.71. The fraction of sp³-hybridized carbons (Fsp3) is 0.926. The number of carbonyl (C=O) groups excluding carboxylic acids is 2. The third kappa shape index (κ3) is 18.2. The first kappa shape index (κ1) is 29.9. The van der Waals surface area contributed by atoms with E-state index in [1.54, 1.807) is 0 Å². The van der Waals surface area contributed by atoms with Crippen molar-refractivity contribution in [2.75, 3.05) is 13.2 Å². The molecule has 184 valence electrons. The van der Waals surface area contributed by atoms with Gasteiger partial charge < -0.3 is 9.47 Å². The van der Waals surface area contributed by atoms with E-state index in [-0.39, 0.29) is 17.9 Å². The van der Waals surface area contributed by atoms with Crippen molar-refractivity contribution in [1.29, 1.82) is 0 Å². The van der Waals surface area contributed by atoms with Crippen molar-refractivity contribution in [3.63, 3.8) is 0 Å². The summed E-state index contributed by atoms with van der Waals surface area (Å²) in [7, 11) is 0. The Morgan fingerprint density at radius 3 is 1.58 bits per heavy atom. The second-order valence-corrected chi connectivity index (χ2v) is 10.00. The van der Waals surface area contributed by atoms with Gasteiger partial charge in [-0.15, -0.1) is 0 Å². The maximum Gasteiger partial charge on any atom is 0.311 e. The lowest BCUT2D eigenvalue weighted by atomic mass is 9.82. The van der Waals surface area contributed by atoms with Crippen molar-refractivity contribution >= 4 is 11.9 Å². The minimum absolute atomic E-state index is 0.0997. The highest BCUT2D eigenvalue weighted by atomic mass is 16.5. The molecule has 0 aliphatic heterocycles. The second kappa shape index (κ2) is 19.6. The van der Waals surface area contributed by atoms with Crippen LogP contribution in [0.5, 0.6) is 0 Å². The molecular formula is C27H52O4. The highest BCUT2D eigenvalue weighted by Crippen LogP contribution is 2.29. The summed E-state index contributed by atoms with van der Waals surface area (Å²) in [5.74, 6) is -0.199. The third-order valence-electron chi connectivity index (χ3n) is 5.92. The summed E-state index contributed by atoms with van der Waals surface area (Å²) in [6.07, 6.45) is 17.9. The topological polar surface area (TPSA) is 52.6 Å². The van der Waals surface area contributed by atoms with Crippen LogP contribution in [0, 0.1) is 11.3 Å². The van der Waals surface area contributed by atoms with Crippen molar-refractivity contribution < 1.29 is 19.1 Å². The summed E-state index contributed by atoms with van der Waals surface area (Å²) >= 11 is 0. The van der Waals surface area contributed by atoms with Gasteiger partial charge in [-0.1, -0.05) is 97.8 Å². The molecule has 0 heterocycles. The van der Waals surface area contributed by atoms with Crippen LogP contribution < -0.4 is 0 Å². The van der Waals surface area contributed by atoms with Crippen molar-refractivity contribution in [3.8, 4) is 0 Å². The number of hydrogen-bond acceptors (Lipinski definition) is 4. The molecule has 0 rings (SSSR count). The Kier molecular flexibility index (Phi) is 18.9. The van der Waals surface area contributed by atoms with E-state index < -0.39 is 5.41 Å². The normalized spacial score (nSPS) is 12.5. The fourth-order valence-corrected chi connectivity index (χ4v) is 4.03. The molecule has 0 amide bonds. The third-order valence-corrected chi connectivity index (χ3v) is 5.92. The first-order valence-electron chi connectivity index (χ1n) is 13.2. The number of rotatable bonds is 21. The van der Waals surface area contributed by atoms with Gasteiger partial charge in [-0.05, 0) is 39.0 Å². The van der Waals surface area contributed by atoms with Gasteiger partial charge in [0.2, 0.25) is 0 Å². The zero-order valence-corrected chi connectivity index (χ0v) is 21.4. The average molecular weight is 441 g/mol. The summed E-state index contributed by atoms with van der Waals surface area (Å²) in [5.41, 5.74) is -0.570. The van der Waals surface area contributed by atoms with E-state index >= 15 is 0 Å². The van der Waals surface area contributed by atoms with Gasteiger partial charge in [-0.2, -0.15) is 0 Å². The van der Waals surface area contributed by atoms with Crippen molar-refractivity contribution in [3.05, 3.63) is 0 Å². The quantitative estimate of drug-likeness (QED) is 0.134. The van der Waals surface area contributed by atoms with Crippen LogP contribution in [0.3, 0.4) is 0 Å². The molecule has 0 aromatic heterocycles. The predicted molar refractivity (Wildman–Crippen MR) is 130 cm³/mol. The SMILES string of the molecule is CCCCCCCCCCOC(=O)CC(C)CC(C)(C)C(=O)OCCCCCCCC.